The molecule has 0 aliphatic carbocycles. The van der Waals surface area contributed by atoms with Crippen LogP contribution in [0.1, 0.15) is 65.2 Å². The van der Waals surface area contributed by atoms with Gasteiger partial charge in [0.2, 0.25) is 29.8 Å². The van der Waals surface area contributed by atoms with Crippen molar-refractivity contribution in [1.29, 1.82) is 18.6 Å². The van der Waals surface area contributed by atoms with Crippen LogP contribution in [0, 0.1) is 47.0 Å². The maximum atomic E-state index is 8.89. The molecule has 0 spiro atoms. The Balaban J connectivity index is -0.00000112. The van der Waals surface area contributed by atoms with E-state index in [0.717, 1.165) is 64.8 Å². The summed E-state index contributed by atoms with van der Waals surface area (Å²) in [7, 11) is 53.0. The third-order valence-corrected chi connectivity index (χ3v) is 15.4. The summed E-state index contributed by atoms with van der Waals surface area (Å²) >= 11 is 0. The van der Waals surface area contributed by atoms with Gasteiger partial charge in [0, 0.05) is 287 Å². The molecule has 2 aromatic carbocycles. The minimum Gasteiger partial charge on any atom is -0.0379 e. The van der Waals surface area contributed by atoms with Crippen LogP contribution in [0.25, 0.3) is 10.8 Å². The zero-order valence-corrected chi connectivity index (χ0v) is 68.8. The molecule has 0 aromatic heterocycles. The van der Waals surface area contributed by atoms with Crippen LogP contribution in [0.2, 0.25) is 0 Å². The summed E-state index contributed by atoms with van der Waals surface area (Å²) in [6, 6.07) is 12.4. The van der Waals surface area contributed by atoms with Crippen LogP contribution in [0.15, 0.2) is 80.6 Å². The molecule has 4 aliphatic heterocycles. The van der Waals surface area contributed by atoms with E-state index in [0.29, 0.717) is 25.5 Å². The maximum Gasteiger partial charge on any atom is 0.0379 e. The molecule has 0 atom stereocenters. The number of hydrogen-bond donors (Lipinski definition) is 3. The number of guanidine groups is 6. The Labute approximate surface area is 599 Å². The summed E-state index contributed by atoms with van der Waals surface area (Å²) in [6.07, 6.45) is 10.5. The van der Waals surface area contributed by atoms with Gasteiger partial charge in [-0.2, -0.15) is 14.3 Å². The quantitative estimate of drug-likeness (QED) is 0.124. The van der Waals surface area contributed by atoms with Crippen LogP contribution in [-0.4, -0.2) is 381 Å². The van der Waals surface area contributed by atoms with Gasteiger partial charge >= 0.3 is 21.8 Å². The monoisotopic (exact) mass is 1550 g/mol. The van der Waals surface area contributed by atoms with Gasteiger partial charge in [-0.1, -0.05) is 30.7 Å². The number of hydrogen-bond acceptors (Lipinski definition) is 10. The van der Waals surface area contributed by atoms with Crippen molar-refractivity contribution >= 4 is 105 Å². The van der Waals surface area contributed by atoms with Crippen molar-refractivity contribution in [2.24, 2.45) is 44.2 Å². The summed E-state index contributed by atoms with van der Waals surface area (Å²) < 4.78 is 24.8. The Morgan fingerprint density at radius 3 is 1.16 bits per heavy atom. The standard InChI is InChI=1S/C20H30N6.C14H34N9P.C9H16N2.C8H18N4.C7H12N2.C5H13N3.BH2N.BH.U/c1-23(2)19(24(3)4)21-16-13-9-11-15-12-10-14-17(18(15)16)22-20(25(5)6)26(7)8;1-12(19(2)3)16-24(15,17-13(20(4)5)21(6)7)18-14(22(8)9)23(10)11;1-2-5-9-10-6-4-8-11(9)7-3-1;1-7(11(3)4)10-8(9-2)12(5)6;1-3-7-8-4-2-6-9(7)5-1;1-7(2)5(6)8(3)4;1-2;;/h9-14H,1-8H3;15H,1-11H3;1-8H2;1-6H3;1-6H2;6H,1-4H3;1-2H;1H;/i;;;;;;2*1D;. The number of rotatable bonds is 5. The second kappa shape index (κ2) is 47.5. The maximum absolute atomic E-state index is 8.89. The van der Waals surface area contributed by atoms with Crippen molar-refractivity contribution in [2.45, 2.75) is 65.2 Å². The molecular weight excluding hydrogens is 1430 g/mol. The van der Waals surface area contributed by atoms with Gasteiger partial charge in [0.25, 0.3) is 0 Å². The Morgan fingerprint density at radius 2 is 0.840 bits per heavy atom. The molecule has 31 heteroatoms. The molecule has 94 heavy (non-hydrogen) atoms. The van der Waals surface area contributed by atoms with Gasteiger partial charge in [-0.3, -0.25) is 25.5 Å². The predicted octanol–water partition coefficient (Wildman–Crippen LogP) is 6.62. The van der Waals surface area contributed by atoms with Gasteiger partial charge in [0.1, 0.15) is 11.7 Å². The summed E-state index contributed by atoms with van der Waals surface area (Å²) in [5.74, 6) is 8.79. The molecule has 2 aromatic rings. The molecule has 0 unspecified atom stereocenters. The van der Waals surface area contributed by atoms with Gasteiger partial charge in [-0.25, -0.2) is 15.0 Å². The van der Waals surface area contributed by atoms with E-state index in [4.69, 9.17) is 28.5 Å². The Kier molecular flexibility index (Phi) is 44.3. The number of amidine groups is 4. The smallest absolute Gasteiger partial charge is 0.0379 e. The van der Waals surface area contributed by atoms with Gasteiger partial charge in [0.15, 0.2) is 5.96 Å². The van der Waals surface area contributed by atoms with Crippen molar-refractivity contribution in [1.82, 2.24) is 73.5 Å². The number of nitrogens with one attached hydrogen (secondary N) is 3. The SMILES string of the molecule is C1CCC2=NCCCN2CC1.C1CN=C2CCCN2C1.CC(=NP(=N)(N=C(N(C)C)N(C)C)N=C(N(C)C)N(C)C)N(C)C.CN(C)C(=N)N(C)C.CN(C)C(=Nc1cccc2cccc(N=C(N(C)C)N(C)C)c12)N(C)C.CN=C(N=C(C)N(C)C)N(C)C.[2H]B=N.[2H][B].[U]. The summed E-state index contributed by atoms with van der Waals surface area (Å²) in [5, 5.41) is 24.1. The van der Waals surface area contributed by atoms with Crippen molar-refractivity contribution < 1.29 is 31.1 Å². The van der Waals surface area contributed by atoms with E-state index in [1.807, 2.05) is 275 Å². The Bertz CT molecular complexity index is 2750. The van der Waals surface area contributed by atoms with E-state index in [1.165, 1.54) is 89.2 Å². The largest absolute Gasteiger partial charge is 0.0379 e. The molecule has 4 heterocycles. The second-order valence-corrected chi connectivity index (χ2v) is 26.6. The fourth-order valence-electron chi connectivity index (χ4n) is 9.21. The summed E-state index contributed by atoms with van der Waals surface area (Å²) in [5.41, 5.74) is 1.83. The first-order valence-electron chi connectivity index (χ1n) is 32.5. The van der Waals surface area contributed by atoms with E-state index in [1.54, 1.807) is 16.8 Å². The van der Waals surface area contributed by atoms with Crippen LogP contribution in [-0.2, 0) is 0 Å². The van der Waals surface area contributed by atoms with Gasteiger partial charge in [-0.15, -0.1) is 0 Å². The van der Waals surface area contributed by atoms with Crippen LogP contribution in [0.5, 0.6) is 0 Å². The first-order valence-corrected chi connectivity index (χ1v) is 33.0. The summed E-state index contributed by atoms with van der Waals surface area (Å²) in [6.45, 7) is 11.0. The molecule has 2 fully saturated rings. The topological polar surface area (TPSA) is 231 Å². The van der Waals surface area contributed by atoms with Crippen LogP contribution >= 0.6 is 7.51 Å². The molecule has 0 saturated carbocycles. The minimum atomic E-state index is -3.10. The second-order valence-electron chi connectivity index (χ2n) is 24.8. The van der Waals surface area contributed by atoms with Gasteiger partial charge in [0.05, 0.1) is 23.0 Å². The Hall–Kier alpha value is -6.39. The average molecular weight is 1550 g/mol. The molecule has 3 N–H and O–H groups in total. The van der Waals surface area contributed by atoms with E-state index in [9.17, 15) is 0 Å². The van der Waals surface area contributed by atoms with Gasteiger partial charge in [-0.05, 0) is 64.8 Å². The van der Waals surface area contributed by atoms with E-state index in [2.05, 4.69) is 64.6 Å². The Morgan fingerprint density at radius 1 is 0.489 bits per heavy atom. The van der Waals surface area contributed by atoms with Crippen molar-refractivity contribution in [3.63, 3.8) is 0 Å². The van der Waals surface area contributed by atoms with E-state index < -0.39 is 7.51 Å². The van der Waals surface area contributed by atoms with E-state index in [-0.39, 0.29) is 31.1 Å². The number of fused-ring (bicyclic) bond motifs is 3. The van der Waals surface area contributed by atoms with Crippen LogP contribution in [0.3, 0.4) is 0 Å². The van der Waals surface area contributed by atoms with E-state index >= 15 is 0 Å². The zero-order chi connectivity index (χ0) is 73.5. The number of benzene rings is 2. The molecular formula is C63H126B2N27PU. The molecule has 0 bridgehead atoms. The molecule has 2 radical (unpaired) electrons. The first-order chi connectivity index (χ1) is 44.4. The fourth-order valence-corrected chi connectivity index (χ4v) is 11.1. The normalized spacial score (nSPS) is 13.8. The van der Waals surface area contributed by atoms with Gasteiger partial charge < -0.3 is 73.5 Å². The van der Waals surface area contributed by atoms with Crippen LogP contribution in [0.4, 0.5) is 11.4 Å². The minimum absolute atomic E-state index is 0. The van der Waals surface area contributed by atoms with Crippen LogP contribution < -0.4 is 0 Å². The molecule has 528 valence electrons. The molecule has 6 rings (SSSR count). The first kappa shape index (κ1) is 87.6. The van der Waals surface area contributed by atoms with Crippen molar-refractivity contribution in [2.75, 3.05) is 230 Å². The number of nitrogens with zero attached hydrogens (tertiary/aromatic N) is 24. The molecule has 4 aliphatic rings. The zero-order valence-electron chi connectivity index (χ0n) is 65.7. The van der Waals surface area contributed by atoms with Crippen molar-refractivity contribution in [3.05, 3.63) is 36.4 Å². The molecule has 27 nitrogen and oxygen atoms in total. The fraction of sp³-hybridized carbons (Fsp3) is 0.683. The number of aliphatic imine (C=N–C) groups is 6. The third kappa shape index (κ3) is 33.8. The molecule has 0 amide bonds. The summed E-state index contributed by atoms with van der Waals surface area (Å²) in [4.78, 5) is 56.8. The third-order valence-electron chi connectivity index (χ3n) is 13.9. The average Bonchev–Trinajstić information content (AvgIpc) is 0.974. The molecule has 2 saturated heterocycles. The predicted molar refractivity (Wildman–Crippen MR) is 410 cm³/mol. The van der Waals surface area contributed by atoms with Crippen molar-refractivity contribution in [3.8, 4) is 0 Å².